The molecule has 0 atom stereocenters. The van der Waals surface area contributed by atoms with E-state index in [1.807, 2.05) is 25.1 Å². The molecule has 0 saturated carbocycles. The molecule has 3 aromatic rings. The van der Waals surface area contributed by atoms with Gasteiger partial charge in [0.2, 0.25) is 0 Å². The van der Waals surface area contributed by atoms with E-state index in [1.54, 1.807) is 16.9 Å². The number of imidazole rings is 1. The third kappa shape index (κ3) is 2.08. The molecule has 0 amide bonds. The van der Waals surface area contributed by atoms with Crippen LogP contribution in [0.3, 0.4) is 0 Å². The molecule has 0 radical (unpaired) electrons. The highest BCUT2D eigenvalue weighted by Gasteiger charge is 2.09. The third-order valence-corrected chi connectivity index (χ3v) is 3.97. The Balaban J connectivity index is 2.09. The average molecular weight is 331 g/mol. The number of halogens is 1. The maximum atomic E-state index is 10.9. The minimum absolute atomic E-state index is 0.474. The van der Waals surface area contributed by atoms with Gasteiger partial charge in [0, 0.05) is 10.2 Å². The molecule has 0 aliphatic heterocycles. The normalized spacial score (nSPS) is 10.7. The molecule has 0 unspecified atom stereocenters. The fraction of sp³-hybridized carbons (Fsp3) is 0.0714. The summed E-state index contributed by atoms with van der Waals surface area (Å²) in [6.07, 6.45) is 5.56. The Labute approximate surface area is 123 Å². The molecule has 0 aliphatic rings. The van der Waals surface area contributed by atoms with E-state index in [0.717, 1.165) is 27.7 Å². The first-order valence-corrected chi connectivity index (χ1v) is 6.78. The molecule has 0 spiro atoms. The van der Waals surface area contributed by atoms with Crippen LogP contribution in [0.2, 0.25) is 0 Å². The number of fused-ring (bicyclic) bond motifs is 1. The number of nitrogens with zero attached hydrogens (tertiary/aromatic N) is 3. The average Bonchev–Trinajstić information content (AvgIpc) is 2.88. The van der Waals surface area contributed by atoms with Crippen LogP contribution < -0.4 is 5.32 Å². The van der Waals surface area contributed by atoms with Crippen molar-refractivity contribution in [3.63, 3.8) is 0 Å². The Morgan fingerprint density at radius 3 is 2.95 bits per heavy atom. The Morgan fingerprint density at radius 2 is 2.15 bits per heavy atom. The molecule has 20 heavy (non-hydrogen) atoms. The van der Waals surface area contributed by atoms with Gasteiger partial charge in [0.25, 0.3) is 0 Å². The van der Waals surface area contributed by atoms with Crippen molar-refractivity contribution in [2.24, 2.45) is 0 Å². The van der Waals surface area contributed by atoms with E-state index in [2.05, 4.69) is 31.2 Å². The highest BCUT2D eigenvalue weighted by molar-refractivity contribution is 9.10. The minimum atomic E-state index is 0.474. The Kier molecular flexibility index (Phi) is 3.23. The monoisotopic (exact) mass is 330 g/mol. The fourth-order valence-corrected chi connectivity index (χ4v) is 2.36. The highest BCUT2D eigenvalue weighted by atomic mass is 79.9. The number of aromatic nitrogens is 3. The lowest BCUT2D eigenvalue weighted by atomic mass is 10.2. The molecule has 100 valence electrons. The molecule has 6 heteroatoms. The summed E-state index contributed by atoms with van der Waals surface area (Å²) >= 11 is 3.50. The topological polar surface area (TPSA) is 59.3 Å². The number of rotatable bonds is 3. The lowest BCUT2D eigenvalue weighted by Crippen LogP contribution is -1.99. The number of anilines is 2. The van der Waals surface area contributed by atoms with E-state index >= 15 is 0 Å². The number of benzene rings is 1. The summed E-state index contributed by atoms with van der Waals surface area (Å²) in [5, 5.41) is 3.30. The van der Waals surface area contributed by atoms with E-state index in [0.29, 0.717) is 11.3 Å². The second kappa shape index (κ2) is 5.05. The number of aldehydes is 1. The second-order valence-corrected chi connectivity index (χ2v) is 5.19. The lowest BCUT2D eigenvalue weighted by molar-refractivity contribution is 0.111. The van der Waals surface area contributed by atoms with Crippen LogP contribution in [0.1, 0.15) is 16.1 Å². The van der Waals surface area contributed by atoms with Crippen LogP contribution in [0.15, 0.2) is 41.4 Å². The van der Waals surface area contributed by atoms with Crippen molar-refractivity contribution in [1.82, 2.24) is 14.4 Å². The van der Waals surface area contributed by atoms with E-state index in [4.69, 9.17) is 0 Å². The van der Waals surface area contributed by atoms with Gasteiger partial charge in [0.1, 0.15) is 17.7 Å². The SMILES string of the molecule is Cc1c(Br)cccc1Nc1cncn2c(C=O)cnc12. The number of nitrogens with one attached hydrogen (secondary N) is 1. The van der Waals surface area contributed by atoms with Gasteiger partial charge in [-0.15, -0.1) is 0 Å². The van der Waals surface area contributed by atoms with Crippen molar-refractivity contribution >= 4 is 39.2 Å². The lowest BCUT2D eigenvalue weighted by Gasteiger charge is -2.11. The van der Waals surface area contributed by atoms with E-state index in [9.17, 15) is 4.79 Å². The first-order valence-electron chi connectivity index (χ1n) is 5.99. The molecule has 0 aliphatic carbocycles. The van der Waals surface area contributed by atoms with E-state index < -0.39 is 0 Å². The van der Waals surface area contributed by atoms with Crippen molar-refractivity contribution in [2.45, 2.75) is 6.92 Å². The van der Waals surface area contributed by atoms with E-state index in [1.165, 1.54) is 6.20 Å². The largest absolute Gasteiger partial charge is 0.351 e. The van der Waals surface area contributed by atoms with Gasteiger partial charge in [0.05, 0.1) is 12.4 Å². The molecule has 2 heterocycles. The van der Waals surface area contributed by atoms with Crippen LogP contribution in [0.5, 0.6) is 0 Å². The summed E-state index contributed by atoms with van der Waals surface area (Å²) in [4.78, 5) is 19.3. The van der Waals surface area contributed by atoms with Gasteiger partial charge in [0.15, 0.2) is 11.9 Å². The number of hydrogen-bond acceptors (Lipinski definition) is 4. The zero-order valence-corrected chi connectivity index (χ0v) is 12.3. The first kappa shape index (κ1) is 12.8. The van der Waals surface area contributed by atoms with Crippen molar-refractivity contribution in [1.29, 1.82) is 0 Å². The van der Waals surface area contributed by atoms with Crippen molar-refractivity contribution < 1.29 is 4.79 Å². The van der Waals surface area contributed by atoms with E-state index in [-0.39, 0.29) is 0 Å². The Morgan fingerprint density at radius 1 is 1.30 bits per heavy atom. The van der Waals surface area contributed by atoms with Crippen LogP contribution in [0, 0.1) is 6.92 Å². The Bertz CT molecular complexity index is 797. The quantitative estimate of drug-likeness (QED) is 0.748. The van der Waals surface area contributed by atoms with Gasteiger partial charge in [-0.2, -0.15) is 0 Å². The summed E-state index contributed by atoms with van der Waals surface area (Å²) in [5.74, 6) is 0. The molecule has 0 bridgehead atoms. The number of carbonyl (C=O) groups excluding carboxylic acids is 1. The van der Waals surface area contributed by atoms with Crippen LogP contribution >= 0.6 is 15.9 Å². The van der Waals surface area contributed by atoms with Gasteiger partial charge in [-0.1, -0.05) is 22.0 Å². The standard InChI is InChI=1S/C14H11BrN4O/c1-9-11(15)3-2-4-12(9)18-13-6-16-8-19-10(7-20)5-17-14(13)19/h2-8,18H,1H3. The predicted octanol–water partition coefficient (Wildman–Crippen LogP) is 3.36. The zero-order chi connectivity index (χ0) is 14.1. The van der Waals surface area contributed by atoms with Gasteiger partial charge in [-0.25, -0.2) is 9.97 Å². The maximum Gasteiger partial charge on any atom is 0.168 e. The molecular weight excluding hydrogens is 320 g/mol. The van der Waals surface area contributed by atoms with Gasteiger partial charge in [-0.05, 0) is 24.6 Å². The summed E-state index contributed by atoms with van der Waals surface area (Å²) < 4.78 is 2.68. The van der Waals surface area contributed by atoms with Gasteiger partial charge < -0.3 is 5.32 Å². The molecule has 1 aromatic carbocycles. The predicted molar refractivity (Wildman–Crippen MR) is 80.5 cm³/mol. The molecule has 3 rings (SSSR count). The highest BCUT2D eigenvalue weighted by Crippen LogP contribution is 2.27. The second-order valence-electron chi connectivity index (χ2n) is 4.34. The Hall–Kier alpha value is -2.21. The van der Waals surface area contributed by atoms with Crippen LogP contribution in [0.4, 0.5) is 11.4 Å². The summed E-state index contributed by atoms with van der Waals surface area (Å²) in [6.45, 7) is 2.02. The van der Waals surface area contributed by atoms with Crippen molar-refractivity contribution in [2.75, 3.05) is 5.32 Å². The fourth-order valence-electron chi connectivity index (χ4n) is 1.99. The molecule has 0 saturated heterocycles. The van der Waals surface area contributed by atoms with Gasteiger partial charge >= 0.3 is 0 Å². The molecule has 2 aromatic heterocycles. The van der Waals surface area contributed by atoms with Crippen LogP contribution in [-0.2, 0) is 0 Å². The molecular formula is C14H11BrN4O. The summed E-state index contributed by atoms with van der Waals surface area (Å²) in [5.41, 5.74) is 3.95. The number of hydrogen-bond donors (Lipinski definition) is 1. The zero-order valence-electron chi connectivity index (χ0n) is 10.7. The number of carbonyl (C=O) groups is 1. The van der Waals surface area contributed by atoms with Gasteiger partial charge in [-0.3, -0.25) is 9.20 Å². The van der Waals surface area contributed by atoms with Crippen molar-refractivity contribution in [3.05, 3.63) is 52.7 Å². The molecule has 0 fully saturated rings. The van der Waals surface area contributed by atoms with Crippen molar-refractivity contribution in [3.8, 4) is 0 Å². The molecule has 1 N–H and O–H groups in total. The summed E-state index contributed by atoms with van der Waals surface area (Å²) in [6, 6.07) is 5.92. The first-order chi connectivity index (χ1) is 9.70. The maximum absolute atomic E-state index is 10.9. The molecule has 5 nitrogen and oxygen atoms in total. The minimum Gasteiger partial charge on any atom is -0.351 e. The smallest absolute Gasteiger partial charge is 0.168 e. The summed E-state index contributed by atoms with van der Waals surface area (Å²) in [7, 11) is 0. The van der Waals surface area contributed by atoms with Crippen LogP contribution in [0.25, 0.3) is 5.65 Å². The third-order valence-electron chi connectivity index (χ3n) is 3.11. The van der Waals surface area contributed by atoms with Crippen LogP contribution in [-0.4, -0.2) is 20.7 Å².